The molecule has 0 aromatic heterocycles. The zero-order valence-corrected chi connectivity index (χ0v) is 9.90. The van der Waals surface area contributed by atoms with Crippen molar-refractivity contribution in [3.63, 3.8) is 0 Å². The number of aliphatic carboxylic acids is 1. The summed E-state index contributed by atoms with van der Waals surface area (Å²) >= 11 is 2.21. The summed E-state index contributed by atoms with van der Waals surface area (Å²) in [5, 5.41) is 9.04. The Morgan fingerprint density at radius 2 is 2.07 bits per heavy atom. The highest BCUT2D eigenvalue weighted by molar-refractivity contribution is 14.1. The Kier molecular flexibility index (Phi) is 2.99. The van der Waals surface area contributed by atoms with Crippen molar-refractivity contribution in [1.29, 1.82) is 0 Å². The van der Waals surface area contributed by atoms with Crippen molar-refractivity contribution in [3.8, 4) is 0 Å². The summed E-state index contributed by atoms with van der Waals surface area (Å²) < 4.78 is 11.2. The molecule has 0 radical (unpaired) electrons. The molecule has 14 heavy (non-hydrogen) atoms. The Balaban J connectivity index is 2.08. The van der Waals surface area contributed by atoms with Gasteiger partial charge in [0.05, 0.1) is 19.1 Å². The van der Waals surface area contributed by atoms with Crippen LogP contribution in [0.5, 0.6) is 0 Å². The van der Waals surface area contributed by atoms with Gasteiger partial charge in [-0.05, 0) is 6.42 Å². The van der Waals surface area contributed by atoms with Gasteiger partial charge in [0.1, 0.15) is 0 Å². The van der Waals surface area contributed by atoms with E-state index in [1.54, 1.807) is 0 Å². The van der Waals surface area contributed by atoms with Crippen molar-refractivity contribution in [1.82, 2.24) is 0 Å². The molecular weight excluding hydrogens is 299 g/mol. The molecule has 5 heteroatoms. The van der Waals surface area contributed by atoms with Gasteiger partial charge in [-0.1, -0.05) is 22.6 Å². The molecule has 80 valence electrons. The highest BCUT2D eigenvalue weighted by Gasteiger charge is 2.46. The monoisotopic (exact) mass is 312 g/mol. The second-order valence-electron chi connectivity index (χ2n) is 3.81. The maximum Gasteiger partial charge on any atom is 0.307 e. The average Bonchev–Trinajstić information content (AvgIpc) is 2.58. The second kappa shape index (κ2) is 3.94. The molecular formula is C9H13IO4. The van der Waals surface area contributed by atoms with Crippen LogP contribution in [0.1, 0.15) is 19.3 Å². The molecule has 1 heterocycles. The van der Waals surface area contributed by atoms with Gasteiger partial charge >= 0.3 is 5.97 Å². The van der Waals surface area contributed by atoms with Gasteiger partial charge in [0, 0.05) is 16.8 Å². The number of ether oxygens (including phenoxy) is 2. The van der Waals surface area contributed by atoms with Crippen molar-refractivity contribution in [3.05, 3.63) is 0 Å². The number of hydrogen-bond donors (Lipinski definition) is 1. The van der Waals surface area contributed by atoms with E-state index in [0.717, 1.165) is 12.8 Å². The van der Waals surface area contributed by atoms with Crippen LogP contribution in [0.3, 0.4) is 0 Å². The molecule has 2 fully saturated rings. The minimum Gasteiger partial charge on any atom is -0.481 e. The Bertz CT molecular complexity index is 237. The number of hydrogen-bond acceptors (Lipinski definition) is 3. The van der Waals surface area contributed by atoms with Gasteiger partial charge in [-0.15, -0.1) is 0 Å². The molecule has 2 rings (SSSR count). The Labute approximate surface area is 96.1 Å². The molecule has 1 aliphatic carbocycles. The normalized spacial score (nSPS) is 36.1. The van der Waals surface area contributed by atoms with Crippen molar-refractivity contribution in [2.75, 3.05) is 13.2 Å². The number of carboxylic acids is 1. The lowest BCUT2D eigenvalue weighted by molar-refractivity contribution is -0.191. The molecule has 4 nitrogen and oxygen atoms in total. The van der Waals surface area contributed by atoms with E-state index in [1.165, 1.54) is 0 Å². The van der Waals surface area contributed by atoms with Crippen molar-refractivity contribution in [2.24, 2.45) is 5.92 Å². The summed E-state index contributed by atoms with van der Waals surface area (Å²) in [6.07, 6.45) is 2.18. The van der Waals surface area contributed by atoms with E-state index in [1.807, 2.05) is 0 Å². The molecule has 1 N–H and O–H groups in total. The summed E-state index contributed by atoms with van der Waals surface area (Å²) in [6.45, 7) is 1.19. The molecule has 1 saturated heterocycles. The predicted molar refractivity (Wildman–Crippen MR) is 57.4 cm³/mol. The summed E-state index contributed by atoms with van der Waals surface area (Å²) in [5.74, 6) is -1.64. The molecule has 0 amide bonds. The Morgan fingerprint density at radius 3 is 2.64 bits per heavy atom. The van der Waals surface area contributed by atoms with Crippen molar-refractivity contribution in [2.45, 2.75) is 29.0 Å². The van der Waals surface area contributed by atoms with Gasteiger partial charge in [-0.3, -0.25) is 4.79 Å². The van der Waals surface area contributed by atoms with Gasteiger partial charge in [-0.2, -0.15) is 0 Å². The minimum atomic E-state index is -0.734. The van der Waals surface area contributed by atoms with Crippen LogP contribution in [0.2, 0.25) is 0 Å². The molecule has 0 aromatic rings. The predicted octanol–water partition coefficient (Wildman–Crippen LogP) is 1.42. The molecule has 2 aliphatic rings. The van der Waals surface area contributed by atoms with Gasteiger partial charge in [-0.25, -0.2) is 0 Å². The Hall–Kier alpha value is 0.120. The van der Waals surface area contributed by atoms with Crippen LogP contribution in [-0.4, -0.2) is 34.0 Å². The SMILES string of the molecule is O=C(O)C1CC2(CCC1I)OCCO2. The standard InChI is InChI=1S/C9H13IO4/c10-7-1-2-9(13-3-4-14-9)5-6(7)8(11)12/h6-7H,1-5H2,(H,11,12). The van der Waals surface area contributed by atoms with Crippen LogP contribution in [0.4, 0.5) is 0 Å². The lowest BCUT2D eigenvalue weighted by Crippen LogP contribution is -2.43. The topological polar surface area (TPSA) is 55.8 Å². The fourth-order valence-corrected chi connectivity index (χ4v) is 3.00. The summed E-state index contributed by atoms with van der Waals surface area (Å²) in [4.78, 5) is 11.0. The van der Waals surface area contributed by atoms with E-state index in [-0.39, 0.29) is 9.84 Å². The lowest BCUT2D eigenvalue weighted by atomic mass is 9.85. The highest BCUT2D eigenvalue weighted by Crippen LogP contribution is 2.41. The van der Waals surface area contributed by atoms with Crippen molar-refractivity contribution >= 4 is 28.6 Å². The molecule has 1 saturated carbocycles. The third-order valence-corrected chi connectivity index (χ3v) is 4.39. The van der Waals surface area contributed by atoms with E-state index in [0.29, 0.717) is 19.6 Å². The number of alkyl halides is 1. The Morgan fingerprint density at radius 1 is 1.43 bits per heavy atom. The number of carbonyl (C=O) groups is 1. The minimum absolute atomic E-state index is 0.198. The van der Waals surface area contributed by atoms with Crippen LogP contribution in [0.15, 0.2) is 0 Å². The first-order valence-electron chi connectivity index (χ1n) is 4.78. The van der Waals surface area contributed by atoms with E-state index >= 15 is 0 Å². The lowest BCUT2D eigenvalue weighted by Gasteiger charge is -2.37. The van der Waals surface area contributed by atoms with Crippen molar-refractivity contribution < 1.29 is 19.4 Å². The molecule has 1 aliphatic heterocycles. The zero-order chi connectivity index (χ0) is 10.2. The first-order chi connectivity index (χ1) is 6.63. The summed E-state index contributed by atoms with van der Waals surface area (Å²) in [5.41, 5.74) is 0. The van der Waals surface area contributed by atoms with Gasteiger partial charge < -0.3 is 14.6 Å². The average molecular weight is 312 g/mol. The molecule has 0 aromatic carbocycles. The van der Waals surface area contributed by atoms with Crippen LogP contribution in [0.25, 0.3) is 0 Å². The smallest absolute Gasteiger partial charge is 0.307 e. The van der Waals surface area contributed by atoms with Crippen LogP contribution in [0, 0.1) is 5.92 Å². The van der Waals surface area contributed by atoms with Crippen LogP contribution >= 0.6 is 22.6 Å². The van der Waals surface area contributed by atoms with E-state index < -0.39 is 11.8 Å². The molecule has 2 atom stereocenters. The second-order valence-corrected chi connectivity index (χ2v) is 5.41. The van der Waals surface area contributed by atoms with Gasteiger partial charge in [0.25, 0.3) is 0 Å². The zero-order valence-electron chi connectivity index (χ0n) is 7.74. The number of carboxylic acid groups (broad SMARTS) is 1. The van der Waals surface area contributed by atoms with Gasteiger partial charge in [0.2, 0.25) is 0 Å². The first-order valence-corrected chi connectivity index (χ1v) is 6.02. The molecule has 2 unspecified atom stereocenters. The quantitative estimate of drug-likeness (QED) is 0.588. The molecule has 1 spiro atoms. The third kappa shape index (κ3) is 1.90. The summed E-state index contributed by atoms with van der Waals surface area (Å²) in [6, 6.07) is 0. The number of halogens is 1. The highest BCUT2D eigenvalue weighted by atomic mass is 127. The van der Waals surface area contributed by atoms with E-state index in [4.69, 9.17) is 14.6 Å². The van der Waals surface area contributed by atoms with Gasteiger partial charge in [0.15, 0.2) is 5.79 Å². The maximum absolute atomic E-state index is 11.0. The largest absolute Gasteiger partial charge is 0.481 e. The van der Waals surface area contributed by atoms with Crippen LogP contribution in [-0.2, 0) is 14.3 Å². The maximum atomic E-state index is 11.0. The van der Waals surface area contributed by atoms with E-state index in [9.17, 15) is 4.79 Å². The third-order valence-electron chi connectivity index (χ3n) is 2.90. The van der Waals surface area contributed by atoms with Crippen LogP contribution < -0.4 is 0 Å². The fourth-order valence-electron chi connectivity index (χ4n) is 2.13. The fraction of sp³-hybridized carbons (Fsp3) is 0.889. The first kappa shape index (κ1) is 10.6. The van der Waals surface area contributed by atoms with E-state index in [2.05, 4.69) is 22.6 Å². The summed E-state index contributed by atoms with van der Waals surface area (Å²) in [7, 11) is 0. The number of rotatable bonds is 1. The molecule has 0 bridgehead atoms.